The van der Waals surface area contributed by atoms with Crippen LogP contribution < -0.4 is 5.32 Å². The van der Waals surface area contributed by atoms with E-state index in [0.29, 0.717) is 11.4 Å². The minimum atomic E-state index is -0.865. The molecular formula is C12H10INO2S. The van der Waals surface area contributed by atoms with Gasteiger partial charge in [0.2, 0.25) is 0 Å². The molecule has 2 N–H and O–H groups in total. The molecule has 2 rings (SSSR count). The number of carboxylic acids is 1. The van der Waals surface area contributed by atoms with Crippen LogP contribution in [0.25, 0.3) is 0 Å². The Morgan fingerprint density at radius 3 is 2.71 bits per heavy atom. The Morgan fingerprint density at radius 2 is 2.06 bits per heavy atom. The van der Waals surface area contributed by atoms with Gasteiger partial charge in [-0.2, -0.15) is 0 Å². The van der Waals surface area contributed by atoms with Crippen LogP contribution in [-0.2, 0) is 6.54 Å². The molecule has 5 heteroatoms. The second-order valence-electron chi connectivity index (χ2n) is 3.40. The Hall–Kier alpha value is -1.08. The summed E-state index contributed by atoms with van der Waals surface area (Å²) in [6, 6.07) is 11.5. The number of carbonyl (C=O) groups is 1. The van der Waals surface area contributed by atoms with Crippen LogP contribution in [0, 0.1) is 3.57 Å². The van der Waals surface area contributed by atoms with Crippen molar-refractivity contribution in [3.05, 3.63) is 49.7 Å². The van der Waals surface area contributed by atoms with Crippen LogP contribution in [0.15, 0.2) is 36.4 Å². The molecule has 17 heavy (non-hydrogen) atoms. The summed E-state index contributed by atoms with van der Waals surface area (Å²) in [6.07, 6.45) is 0. The SMILES string of the molecule is O=C(O)c1ccc(CNc2ccccc2I)s1. The monoisotopic (exact) mass is 359 g/mol. The topological polar surface area (TPSA) is 49.3 Å². The highest BCUT2D eigenvalue weighted by molar-refractivity contribution is 14.1. The van der Waals surface area contributed by atoms with Gasteiger partial charge in [-0.3, -0.25) is 0 Å². The third-order valence-electron chi connectivity index (χ3n) is 2.20. The van der Waals surface area contributed by atoms with Crippen molar-refractivity contribution in [2.24, 2.45) is 0 Å². The van der Waals surface area contributed by atoms with Gasteiger partial charge in [0, 0.05) is 20.7 Å². The quantitative estimate of drug-likeness (QED) is 0.820. The summed E-state index contributed by atoms with van der Waals surface area (Å²) in [4.78, 5) is 12.1. The Morgan fingerprint density at radius 1 is 1.29 bits per heavy atom. The van der Waals surface area contributed by atoms with Gasteiger partial charge in [-0.05, 0) is 46.9 Å². The van der Waals surface area contributed by atoms with Crippen molar-refractivity contribution in [1.82, 2.24) is 0 Å². The summed E-state index contributed by atoms with van der Waals surface area (Å²) in [5.74, 6) is -0.865. The summed E-state index contributed by atoms with van der Waals surface area (Å²) in [5, 5.41) is 12.1. The fourth-order valence-electron chi connectivity index (χ4n) is 1.37. The van der Waals surface area contributed by atoms with E-state index in [-0.39, 0.29) is 0 Å². The van der Waals surface area contributed by atoms with Crippen molar-refractivity contribution in [1.29, 1.82) is 0 Å². The summed E-state index contributed by atoms with van der Waals surface area (Å²) in [6.45, 7) is 0.651. The molecule has 0 aliphatic rings. The number of aromatic carboxylic acids is 1. The molecule has 0 bridgehead atoms. The highest BCUT2D eigenvalue weighted by Gasteiger charge is 2.06. The number of carboxylic acid groups (broad SMARTS) is 1. The van der Waals surface area contributed by atoms with Crippen molar-refractivity contribution in [2.75, 3.05) is 5.32 Å². The third kappa shape index (κ3) is 3.19. The van der Waals surface area contributed by atoms with Crippen molar-refractivity contribution in [3.63, 3.8) is 0 Å². The predicted molar refractivity (Wildman–Crippen MR) is 77.8 cm³/mol. The molecule has 0 spiro atoms. The maximum Gasteiger partial charge on any atom is 0.345 e. The second-order valence-corrected chi connectivity index (χ2v) is 5.74. The number of anilines is 1. The molecule has 3 nitrogen and oxygen atoms in total. The molecule has 0 aliphatic heterocycles. The fourth-order valence-corrected chi connectivity index (χ4v) is 2.74. The maximum absolute atomic E-state index is 10.7. The largest absolute Gasteiger partial charge is 0.477 e. The van der Waals surface area contributed by atoms with Gasteiger partial charge in [0.05, 0.1) is 0 Å². The lowest BCUT2D eigenvalue weighted by atomic mass is 10.3. The first-order chi connectivity index (χ1) is 8.16. The number of hydrogen-bond acceptors (Lipinski definition) is 3. The van der Waals surface area contributed by atoms with Crippen molar-refractivity contribution < 1.29 is 9.90 Å². The molecule has 0 saturated carbocycles. The van der Waals surface area contributed by atoms with Crippen molar-refractivity contribution in [2.45, 2.75) is 6.54 Å². The zero-order valence-electron chi connectivity index (χ0n) is 8.81. The standard InChI is InChI=1S/C12H10INO2S/c13-9-3-1-2-4-10(9)14-7-8-5-6-11(17-8)12(15)16/h1-6,14H,7H2,(H,15,16). The van der Waals surface area contributed by atoms with Crippen LogP contribution in [0.4, 0.5) is 5.69 Å². The number of halogens is 1. The number of nitrogens with one attached hydrogen (secondary N) is 1. The first kappa shape index (κ1) is 12.4. The molecule has 1 aromatic carbocycles. The lowest BCUT2D eigenvalue weighted by Gasteiger charge is -2.06. The molecule has 1 aromatic heterocycles. The molecule has 2 aromatic rings. The molecular weight excluding hydrogens is 349 g/mol. The Kier molecular flexibility index (Phi) is 4.01. The highest BCUT2D eigenvalue weighted by Crippen LogP contribution is 2.21. The van der Waals surface area contributed by atoms with E-state index in [9.17, 15) is 4.79 Å². The van der Waals surface area contributed by atoms with E-state index < -0.39 is 5.97 Å². The van der Waals surface area contributed by atoms with E-state index in [1.54, 1.807) is 6.07 Å². The van der Waals surface area contributed by atoms with Gasteiger partial charge in [0.25, 0.3) is 0 Å². The van der Waals surface area contributed by atoms with Gasteiger partial charge >= 0.3 is 5.97 Å². The zero-order chi connectivity index (χ0) is 12.3. The zero-order valence-corrected chi connectivity index (χ0v) is 11.8. The first-order valence-corrected chi connectivity index (χ1v) is 6.87. The fraction of sp³-hybridized carbons (Fsp3) is 0.0833. The lowest BCUT2D eigenvalue weighted by Crippen LogP contribution is -1.98. The van der Waals surface area contributed by atoms with Crippen LogP contribution in [0.3, 0.4) is 0 Å². The van der Waals surface area contributed by atoms with E-state index in [2.05, 4.69) is 27.9 Å². The number of para-hydroxylation sites is 1. The van der Waals surface area contributed by atoms with E-state index in [0.717, 1.165) is 14.1 Å². The average molecular weight is 359 g/mol. The van der Waals surface area contributed by atoms with Gasteiger partial charge in [0.1, 0.15) is 4.88 Å². The van der Waals surface area contributed by atoms with E-state index in [1.807, 2.05) is 30.3 Å². The van der Waals surface area contributed by atoms with Crippen LogP contribution in [0.1, 0.15) is 14.5 Å². The van der Waals surface area contributed by atoms with Gasteiger partial charge in [-0.15, -0.1) is 11.3 Å². The molecule has 0 unspecified atom stereocenters. The Balaban J connectivity index is 2.02. The molecule has 0 fully saturated rings. The minimum Gasteiger partial charge on any atom is -0.477 e. The molecule has 1 heterocycles. The van der Waals surface area contributed by atoms with Gasteiger partial charge < -0.3 is 10.4 Å². The predicted octanol–water partition coefficient (Wildman–Crippen LogP) is 3.66. The Labute approximate surface area is 117 Å². The normalized spacial score (nSPS) is 10.2. The van der Waals surface area contributed by atoms with E-state index in [1.165, 1.54) is 11.3 Å². The Bertz CT molecular complexity index is 539. The molecule has 0 amide bonds. The molecule has 0 atom stereocenters. The molecule has 0 radical (unpaired) electrons. The van der Waals surface area contributed by atoms with Gasteiger partial charge in [-0.1, -0.05) is 12.1 Å². The maximum atomic E-state index is 10.7. The number of thiophene rings is 1. The number of benzene rings is 1. The summed E-state index contributed by atoms with van der Waals surface area (Å²) in [5.41, 5.74) is 1.07. The summed E-state index contributed by atoms with van der Waals surface area (Å²) >= 11 is 3.57. The van der Waals surface area contributed by atoms with E-state index >= 15 is 0 Å². The van der Waals surface area contributed by atoms with Crippen molar-refractivity contribution in [3.8, 4) is 0 Å². The minimum absolute atomic E-state index is 0.379. The van der Waals surface area contributed by atoms with Crippen LogP contribution in [0.2, 0.25) is 0 Å². The second kappa shape index (κ2) is 5.50. The number of rotatable bonds is 4. The third-order valence-corrected chi connectivity index (χ3v) is 4.21. The van der Waals surface area contributed by atoms with Crippen molar-refractivity contribution >= 4 is 45.6 Å². The lowest BCUT2D eigenvalue weighted by molar-refractivity contribution is 0.0702. The van der Waals surface area contributed by atoms with E-state index in [4.69, 9.17) is 5.11 Å². The number of hydrogen-bond donors (Lipinski definition) is 2. The van der Waals surface area contributed by atoms with Crippen LogP contribution in [0.5, 0.6) is 0 Å². The average Bonchev–Trinajstić information content (AvgIpc) is 2.77. The van der Waals surface area contributed by atoms with Gasteiger partial charge in [0.15, 0.2) is 0 Å². The highest BCUT2D eigenvalue weighted by atomic mass is 127. The molecule has 88 valence electrons. The summed E-state index contributed by atoms with van der Waals surface area (Å²) in [7, 11) is 0. The van der Waals surface area contributed by atoms with Crippen LogP contribution >= 0.6 is 33.9 Å². The summed E-state index contributed by atoms with van der Waals surface area (Å²) < 4.78 is 1.15. The molecule has 0 saturated heterocycles. The van der Waals surface area contributed by atoms with Gasteiger partial charge in [-0.25, -0.2) is 4.79 Å². The first-order valence-electron chi connectivity index (χ1n) is 4.97. The van der Waals surface area contributed by atoms with Crippen LogP contribution in [-0.4, -0.2) is 11.1 Å². The smallest absolute Gasteiger partial charge is 0.345 e. The molecule has 0 aliphatic carbocycles.